The van der Waals surface area contributed by atoms with Gasteiger partial charge in [-0.3, -0.25) is 9.69 Å². The summed E-state index contributed by atoms with van der Waals surface area (Å²) in [5.41, 5.74) is 1.83. The number of carbonyl (C=O) groups excluding carboxylic acids is 1. The standard InChI is InChI=1S/C21H20N2O4S/c1-2-26-16-8-9-17-19(12-16)28-21(22-17)23(13-15-6-4-3-5-7-15)20(24)18-14-25-10-11-27-18/h3-9,12,14H,2,10-11,13H2,1H3. The van der Waals surface area contributed by atoms with Gasteiger partial charge >= 0.3 is 0 Å². The van der Waals surface area contributed by atoms with Gasteiger partial charge in [-0.05, 0) is 30.7 Å². The van der Waals surface area contributed by atoms with Crippen LogP contribution in [0.3, 0.4) is 0 Å². The minimum atomic E-state index is -0.271. The summed E-state index contributed by atoms with van der Waals surface area (Å²) < 4.78 is 17.3. The summed E-state index contributed by atoms with van der Waals surface area (Å²) in [7, 11) is 0. The Morgan fingerprint density at radius 3 is 2.82 bits per heavy atom. The Labute approximate surface area is 167 Å². The molecule has 0 bridgehead atoms. The lowest BCUT2D eigenvalue weighted by molar-refractivity contribution is -0.119. The van der Waals surface area contributed by atoms with E-state index in [0.717, 1.165) is 21.5 Å². The molecule has 0 radical (unpaired) electrons. The number of nitrogens with zero attached hydrogens (tertiary/aromatic N) is 2. The maximum atomic E-state index is 13.1. The molecule has 6 nitrogen and oxygen atoms in total. The SMILES string of the molecule is CCOc1ccc2nc(N(Cc3ccccc3)C(=O)C3=COCCO3)sc2c1. The van der Waals surface area contributed by atoms with Gasteiger partial charge in [-0.2, -0.15) is 0 Å². The van der Waals surface area contributed by atoms with E-state index in [2.05, 4.69) is 4.98 Å². The Morgan fingerprint density at radius 1 is 1.21 bits per heavy atom. The lowest BCUT2D eigenvalue weighted by Gasteiger charge is -2.23. The molecule has 2 heterocycles. The Morgan fingerprint density at radius 2 is 2.07 bits per heavy atom. The first-order chi connectivity index (χ1) is 13.7. The summed E-state index contributed by atoms with van der Waals surface area (Å²) in [4.78, 5) is 19.4. The third kappa shape index (κ3) is 3.94. The van der Waals surface area contributed by atoms with Crippen LogP contribution < -0.4 is 9.64 Å². The molecule has 0 aliphatic carbocycles. The van der Waals surface area contributed by atoms with Crippen LogP contribution in [0, 0.1) is 0 Å². The molecule has 1 aliphatic rings. The number of rotatable bonds is 6. The number of hydrogen-bond acceptors (Lipinski definition) is 6. The molecule has 2 aromatic carbocycles. The third-order valence-corrected chi connectivity index (χ3v) is 5.22. The Hall–Kier alpha value is -3.06. The second kappa shape index (κ2) is 8.31. The van der Waals surface area contributed by atoms with Crippen LogP contribution in [-0.4, -0.2) is 30.7 Å². The molecule has 0 spiro atoms. The van der Waals surface area contributed by atoms with Gasteiger partial charge in [0.05, 0.1) is 23.4 Å². The van der Waals surface area contributed by atoms with Crippen molar-refractivity contribution in [2.24, 2.45) is 0 Å². The van der Waals surface area contributed by atoms with Crippen molar-refractivity contribution in [1.82, 2.24) is 4.98 Å². The normalized spacial score (nSPS) is 13.4. The van der Waals surface area contributed by atoms with Crippen molar-refractivity contribution in [2.75, 3.05) is 24.7 Å². The van der Waals surface area contributed by atoms with Gasteiger partial charge in [0.15, 0.2) is 5.13 Å². The Balaban J connectivity index is 1.70. The zero-order valence-corrected chi connectivity index (χ0v) is 16.3. The minimum absolute atomic E-state index is 0.191. The number of aromatic nitrogens is 1. The maximum Gasteiger partial charge on any atom is 0.298 e. The van der Waals surface area contributed by atoms with Gasteiger partial charge in [-0.1, -0.05) is 41.7 Å². The van der Waals surface area contributed by atoms with Crippen LogP contribution in [0.2, 0.25) is 0 Å². The van der Waals surface area contributed by atoms with Gasteiger partial charge in [0.2, 0.25) is 5.76 Å². The zero-order chi connectivity index (χ0) is 19.3. The molecule has 1 aliphatic heterocycles. The van der Waals surface area contributed by atoms with E-state index in [-0.39, 0.29) is 11.7 Å². The summed E-state index contributed by atoms with van der Waals surface area (Å²) in [5.74, 6) is 0.710. The van der Waals surface area contributed by atoms with Gasteiger partial charge in [0.1, 0.15) is 25.2 Å². The molecule has 0 N–H and O–H groups in total. The number of hydrogen-bond donors (Lipinski definition) is 0. The van der Waals surface area contributed by atoms with Gasteiger partial charge in [-0.15, -0.1) is 0 Å². The lowest BCUT2D eigenvalue weighted by atomic mass is 10.2. The molecule has 144 valence electrons. The predicted molar refractivity (Wildman–Crippen MR) is 108 cm³/mol. The van der Waals surface area contributed by atoms with Crippen molar-refractivity contribution in [3.63, 3.8) is 0 Å². The fraction of sp³-hybridized carbons (Fsp3) is 0.238. The van der Waals surface area contributed by atoms with Crippen LogP contribution in [-0.2, 0) is 20.8 Å². The molecule has 0 unspecified atom stereocenters. The predicted octanol–water partition coefficient (Wildman–Crippen LogP) is 4.12. The van der Waals surface area contributed by atoms with Crippen molar-refractivity contribution in [1.29, 1.82) is 0 Å². The summed E-state index contributed by atoms with van der Waals surface area (Å²) in [5, 5.41) is 0.604. The topological polar surface area (TPSA) is 60.9 Å². The molecule has 1 aromatic heterocycles. The first-order valence-corrected chi connectivity index (χ1v) is 9.90. The van der Waals surface area contributed by atoms with E-state index in [9.17, 15) is 4.79 Å². The number of fused-ring (bicyclic) bond motifs is 1. The van der Waals surface area contributed by atoms with Gasteiger partial charge < -0.3 is 14.2 Å². The summed E-state index contributed by atoms with van der Waals surface area (Å²) >= 11 is 1.45. The molecule has 0 fully saturated rings. The molecule has 3 aromatic rings. The highest BCUT2D eigenvalue weighted by Crippen LogP contribution is 2.33. The van der Waals surface area contributed by atoms with E-state index in [4.69, 9.17) is 14.2 Å². The van der Waals surface area contributed by atoms with E-state index < -0.39 is 0 Å². The van der Waals surface area contributed by atoms with Crippen molar-refractivity contribution in [3.05, 3.63) is 66.1 Å². The van der Waals surface area contributed by atoms with Crippen LogP contribution in [0.4, 0.5) is 5.13 Å². The molecular formula is C21H20N2O4S. The van der Waals surface area contributed by atoms with E-state index in [1.807, 2.05) is 55.5 Å². The highest BCUT2D eigenvalue weighted by atomic mass is 32.1. The van der Waals surface area contributed by atoms with Crippen molar-refractivity contribution < 1.29 is 19.0 Å². The maximum absolute atomic E-state index is 13.1. The third-order valence-electron chi connectivity index (χ3n) is 4.18. The first kappa shape index (κ1) is 18.3. The van der Waals surface area contributed by atoms with Crippen molar-refractivity contribution in [3.8, 4) is 5.75 Å². The van der Waals surface area contributed by atoms with Crippen LogP contribution in [0.1, 0.15) is 12.5 Å². The molecule has 0 saturated carbocycles. The van der Waals surface area contributed by atoms with E-state index in [1.54, 1.807) is 4.90 Å². The average Bonchev–Trinajstić information content (AvgIpc) is 3.16. The van der Waals surface area contributed by atoms with Gasteiger partial charge in [-0.25, -0.2) is 4.98 Å². The zero-order valence-electron chi connectivity index (χ0n) is 15.5. The average molecular weight is 396 g/mol. The lowest BCUT2D eigenvalue weighted by Crippen LogP contribution is -2.33. The summed E-state index contributed by atoms with van der Waals surface area (Å²) in [6.45, 7) is 3.73. The highest BCUT2D eigenvalue weighted by Gasteiger charge is 2.26. The molecule has 28 heavy (non-hydrogen) atoms. The summed E-state index contributed by atoms with van der Waals surface area (Å²) in [6, 6.07) is 15.5. The van der Waals surface area contributed by atoms with Crippen LogP contribution in [0.15, 0.2) is 60.6 Å². The molecule has 0 saturated heterocycles. The van der Waals surface area contributed by atoms with Crippen LogP contribution >= 0.6 is 11.3 Å². The first-order valence-electron chi connectivity index (χ1n) is 9.08. The minimum Gasteiger partial charge on any atom is -0.494 e. The van der Waals surface area contributed by atoms with Crippen molar-refractivity contribution in [2.45, 2.75) is 13.5 Å². The Bertz CT molecular complexity index is 1000. The fourth-order valence-corrected chi connectivity index (χ4v) is 3.86. The van der Waals surface area contributed by atoms with Gasteiger partial charge in [0.25, 0.3) is 5.91 Å². The van der Waals surface area contributed by atoms with Crippen molar-refractivity contribution >= 4 is 32.6 Å². The number of thiazole rings is 1. The smallest absolute Gasteiger partial charge is 0.298 e. The molecule has 4 rings (SSSR count). The number of anilines is 1. The molecule has 7 heteroatoms. The largest absolute Gasteiger partial charge is 0.494 e. The van der Waals surface area contributed by atoms with E-state index >= 15 is 0 Å². The Kier molecular flexibility index (Phi) is 5.43. The molecule has 1 amide bonds. The van der Waals surface area contributed by atoms with Crippen LogP contribution in [0.25, 0.3) is 10.2 Å². The quantitative estimate of drug-likeness (QED) is 0.627. The van der Waals surface area contributed by atoms with E-state index in [1.165, 1.54) is 17.6 Å². The molecular weight excluding hydrogens is 376 g/mol. The number of ether oxygens (including phenoxy) is 3. The molecule has 0 atom stereocenters. The summed E-state index contributed by atoms with van der Waals surface area (Å²) in [6.07, 6.45) is 1.38. The fourth-order valence-electron chi connectivity index (χ4n) is 2.87. The van der Waals surface area contributed by atoms with Gasteiger partial charge in [0, 0.05) is 0 Å². The van der Waals surface area contributed by atoms with Crippen LogP contribution in [0.5, 0.6) is 5.75 Å². The van der Waals surface area contributed by atoms with E-state index in [0.29, 0.717) is 31.5 Å². The second-order valence-electron chi connectivity index (χ2n) is 6.14. The second-order valence-corrected chi connectivity index (χ2v) is 7.15. The number of amides is 1. The highest BCUT2D eigenvalue weighted by molar-refractivity contribution is 7.22. The number of benzene rings is 2. The monoisotopic (exact) mass is 396 g/mol. The number of carbonyl (C=O) groups is 1.